The van der Waals surface area contributed by atoms with Crippen molar-refractivity contribution in [3.8, 4) is 0 Å². The highest BCUT2D eigenvalue weighted by Crippen LogP contribution is 2.64. The molecule has 0 radical (unpaired) electrons. The number of hydrogen-bond acceptors (Lipinski definition) is 3. The topological polar surface area (TPSA) is 9.72 Å². The first-order chi connectivity index (χ1) is 27.5. The van der Waals surface area contributed by atoms with E-state index in [-0.39, 0.29) is 39.5 Å². The molecule has 2 fully saturated rings. The molecule has 296 valence electrons. The van der Waals surface area contributed by atoms with Gasteiger partial charge in [0.15, 0.2) is 0 Å². The summed E-state index contributed by atoms with van der Waals surface area (Å²) in [6, 6.07) is 39.1. The lowest BCUT2D eigenvalue weighted by Crippen LogP contribution is -2.64. The third-order valence-electron chi connectivity index (χ3n) is 17.0. The van der Waals surface area contributed by atoms with Crippen LogP contribution in [0.4, 0.5) is 39.8 Å². The molecular weight excluding hydrogens is 701 g/mol. The standard InChI is InChI=1S/C54H62BN3/c1-49(2,3)35-19-17-20-37(31-35)56-44-32-36(50(4,5)6)25-26-41(44)55-42-23-18-22-40-48(42)58(54(10)30-16-14-28-52(40,54)8)46-34-38(33-45(56)47(46)55)57-43-24-12-11-21-39(43)51(7)27-13-15-29-53(51,57)9/h11-12,17-26,31-34H,13-16,27-30H2,1-10H3. The van der Waals surface area contributed by atoms with Gasteiger partial charge in [0, 0.05) is 50.6 Å². The summed E-state index contributed by atoms with van der Waals surface area (Å²) in [5.74, 6) is 0. The lowest BCUT2D eigenvalue weighted by Gasteiger charge is -2.54. The van der Waals surface area contributed by atoms with Crippen LogP contribution in [0.3, 0.4) is 0 Å². The Hall–Kier alpha value is -4.44. The highest BCUT2D eigenvalue weighted by atomic mass is 15.3. The Labute approximate surface area is 348 Å². The van der Waals surface area contributed by atoms with Crippen LogP contribution in [0.5, 0.6) is 0 Å². The van der Waals surface area contributed by atoms with E-state index < -0.39 is 0 Å². The molecule has 6 aliphatic rings. The fraction of sp³-hybridized carbons (Fsp3) is 0.444. The number of para-hydroxylation sites is 2. The van der Waals surface area contributed by atoms with Crippen LogP contribution in [-0.4, -0.2) is 17.8 Å². The summed E-state index contributed by atoms with van der Waals surface area (Å²) in [7, 11) is 0. The SMILES string of the molecule is CC(C)(C)c1cccc(N2c3cc(C(C)(C)C)ccc3B3c4cccc5c4N(c4cc(N6c7ccccc7C7(C)CCCCC67C)cc2c43)C2(C)CCCCC52C)c1. The second-order valence-electron chi connectivity index (χ2n) is 22.0. The predicted molar refractivity (Wildman–Crippen MR) is 249 cm³/mol. The van der Waals surface area contributed by atoms with Crippen LogP contribution in [-0.2, 0) is 21.7 Å². The number of anilines is 7. The van der Waals surface area contributed by atoms with Crippen LogP contribution < -0.4 is 31.1 Å². The Balaban J connectivity index is 1.28. The van der Waals surface area contributed by atoms with E-state index in [2.05, 4.69) is 181 Å². The van der Waals surface area contributed by atoms with Gasteiger partial charge in [-0.15, -0.1) is 0 Å². The van der Waals surface area contributed by atoms with Crippen molar-refractivity contribution in [2.45, 2.75) is 153 Å². The molecule has 4 heteroatoms. The minimum Gasteiger partial charge on any atom is -0.335 e. The normalized spacial score (nSPS) is 27.8. The van der Waals surface area contributed by atoms with Crippen molar-refractivity contribution in [3.63, 3.8) is 0 Å². The number of hydrogen-bond donors (Lipinski definition) is 0. The first-order valence-electron chi connectivity index (χ1n) is 22.6. The van der Waals surface area contributed by atoms with E-state index in [9.17, 15) is 0 Å². The molecule has 0 aromatic heterocycles. The zero-order valence-corrected chi connectivity index (χ0v) is 36.8. The van der Waals surface area contributed by atoms with E-state index in [0.29, 0.717) is 0 Å². The number of nitrogens with zero attached hydrogens (tertiary/aromatic N) is 3. The highest BCUT2D eigenvalue weighted by Gasteiger charge is 2.62. The molecule has 2 aliphatic carbocycles. The minimum absolute atomic E-state index is 0.0107. The van der Waals surface area contributed by atoms with E-state index >= 15 is 0 Å². The molecule has 3 nitrogen and oxygen atoms in total. The molecule has 5 aromatic rings. The van der Waals surface area contributed by atoms with Crippen LogP contribution in [0.2, 0.25) is 0 Å². The number of fused-ring (bicyclic) bond motifs is 10. The van der Waals surface area contributed by atoms with E-state index in [1.165, 1.54) is 124 Å². The average molecular weight is 764 g/mol. The van der Waals surface area contributed by atoms with Gasteiger partial charge in [-0.25, -0.2) is 0 Å². The van der Waals surface area contributed by atoms with Crippen molar-refractivity contribution in [1.29, 1.82) is 0 Å². The van der Waals surface area contributed by atoms with Gasteiger partial charge in [-0.3, -0.25) is 0 Å². The summed E-state index contributed by atoms with van der Waals surface area (Å²) in [5, 5.41) is 0. The maximum absolute atomic E-state index is 2.91. The summed E-state index contributed by atoms with van der Waals surface area (Å²) in [6.45, 7) is 24.7. The molecule has 2 saturated carbocycles. The third-order valence-corrected chi connectivity index (χ3v) is 17.0. The van der Waals surface area contributed by atoms with Crippen molar-refractivity contribution >= 4 is 62.9 Å². The second-order valence-corrected chi connectivity index (χ2v) is 22.0. The van der Waals surface area contributed by atoms with Crippen molar-refractivity contribution in [3.05, 3.63) is 119 Å². The summed E-state index contributed by atoms with van der Waals surface area (Å²) in [5.41, 5.74) is 19.9. The molecule has 4 heterocycles. The van der Waals surface area contributed by atoms with Gasteiger partial charge in [0.05, 0.1) is 11.1 Å². The van der Waals surface area contributed by atoms with Gasteiger partial charge in [-0.2, -0.15) is 0 Å². The fourth-order valence-corrected chi connectivity index (χ4v) is 13.3. The van der Waals surface area contributed by atoms with Crippen molar-refractivity contribution in [1.82, 2.24) is 0 Å². The van der Waals surface area contributed by atoms with Crippen LogP contribution in [0.25, 0.3) is 0 Å². The Morgan fingerprint density at radius 3 is 1.81 bits per heavy atom. The van der Waals surface area contributed by atoms with Gasteiger partial charge in [0.2, 0.25) is 0 Å². The van der Waals surface area contributed by atoms with Gasteiger partial charge in [-0.1, -0.05) is 142 Å². The second kappa shape index (κ2) is 11.6. The van der Waals surface area contributed by atoms with Crippen LogP contribution in [0.1, 0.15) is 143 Å². The average Bonchev–Trinajstić information content (AvgIpc) is 3.54. The largest absolute Gasteiger partial charge is 0.335 e. The quantitative estimate of drug-likeness (QED) is 0.163. The van der Waals surface area contributed by atoms with Crippen LogP contribution in [0, 0.1) is 0 Å². The summed E-state index contributed by atoms with van der Waals surface area (Å²) in [6.07, 6.45) is 9.98. The molecule has 0 saturated heterocycles. The lowest BCUT2D eigenvalue weighted by molar-refractivity contribution is 0.194. The van der Waals surface area contributed by atoms with Crippen molar-refractivity contribution in [2.24, 2.45) is 0 Å². The molecule has 4 atom stereocenters. The minimum atomic E-state index is -0.0374. The molecule has 4 aliphatic heterocycles. The maximum Gasteiger partial charge on any atom is 0.252 e. The summed E-state index contributed by atoms with van der Waals surface area (Å²) in [4.78, 5) is 8.44. The molecule has 0 bridgehead atoms. The lowest BCUT2D eigenvalue weighted by atomic mass is 9.33. The van der Waals surface area contributed by atoms with E-state index in [4.69, 9.17) is 0 Å². The van der Waals surface area contributed by atoms with Crippen molar-refractivity contribution in [2.75, 3.05) is 14.7 Å². The van der Waals surface area contributed by atoms with Gasteiger partial charge < -0.3 is 14.7 Å². The fourth-order valence-electron chi connectivity index (χ4n) is 13.3. The van der Waals surface area contributed by atoms with E-state index in [0.717, 1.165) is 0 Å². The Morgan fingerprint density at radius 2 is 1.09 bits per heavy atom. The van der Waals surface area contributed by atoms with Crippen molar-refractivity contribution < 1.29 is 0 Å². The Bertz CT molecular complexity index is 2560. The van der Waals surface area contributed by atoms with E-state index in [1.807, 2.05) is 0 Å². The van der Waals surface area contributed by atoms with Crippen LogP contribution in [0.15, 0.2) is 97.1 Å². The highest BCUT2D eigenvalue weighted by molar-refractivity contribution is 7.00. The molecule has 4 unspecified atom stereocenters. The number of rotatable bonds is 2. The van der Waals surface area contributed by atoms with E-state index in [1.54, 1.807) is 5.56 Å². The summed E-state index contributed by atoms with van der Waals surface area (Å²) < 4.78 is 0. The summed E-state index contributed by atoms with van der Waals surface area (Å²) >= 11 is 0. The smallest absolute Gasteiger partial charge is 0.252 e. The maximum atomic E-state index is 2.91. The third kappa shape index (κ3) is 4.48. The predicted octanol–water partition coefficient (Wildman–Crippen LogP) is 12.4. The van der Waals surface area contributed by atoms with Crippen LogP contribution >= 0.6 is 0 Å². The molecule has 58 heavy (non-hydrogen) atoms. The van der Waals surface area contributed by atoms with Gasteiger partial charge in [0.1, 0.15) is 0 Å². The number of benzene rings is 5. The van der Waals surface area contributed by atoms with Gasteiger partial charge >= 0.3 is 0 Å². The first-order valence-corrected chi connectivity index (χ1v) is 22.6. The van der Waals surface area contributed by atoms with Gasteiger partial charge in [-0.05, 0) is 125 Å². The molecule has 11 rings (SSSR count). The Kier molecular flexibility index (Phi) is 7.35. The first kappa shape index (κ1) is 36.6. The molecule has 0 N–H and O–H groups in total. The molecule has 0 amide bonds. The monoisotopic (exact) mass is 764 g/mol. The Morgan fingerprint density at radius 1 is 0.483 bits per heavy atom. The molecule has 0 spiro atoms. The van der Waals surface area contributed by atoms with Gasteiger partial charge in [0.25, 0.3) is 6.71 Å². The zero-order valence-electron chi connectivity index (χ0n) is 36.8. The molecular formula is C54H62BN3. The molecule has 5 aromatic carbocycles. The zero-order chi connectivity index (χ0) is 40.4.